The lowest BCUT2D eigenvalue weighted by Crippen LogP contribution is -2.47. The van der Waals surface area contributed by atoms with Gasteiger partial charge < -0.3 is 0 Å². The van der Waals surface area contributed by atoms with Crippen molar-refractivity contribution in [1.82, 2.24) is 4.90 Å². The fourth-order valence-electron chi connectivity index (χ4n) is 2.65. The maximum atomic E-state index is 13.2. The number of Topliss-reactive ketones (excluding diaryl/α,β-unsaturated/α-hetero) is 2. The van der Waals surface area contributed by atoms with Crippen LogP contribution < -0.4 is 0 Å². The first kappa shape index (κ1) is 12.7. The summed E-state index contributed by atoms with van der Waals surface area (Å²) in [6.45, 7) is 0. The van der Waals surface area contributed by atoms with Gasteiger partial charge in [-0.2, -0.15) is 0 Å². The molecular weight excluding hydrogens is 265 g/mol. The van der Waals surface area contributed by atoms with Crippen molar-refractivity contribution < 1.29 is 23.6 Å². The van der Waals surface area contributed by atoms with Gasteiger partial charge in [-0.1, -0.05) is 0 Å². The molecule has 1 aromatic carbocycles. The summed E-state index contributed by atoms with van der Waals surface area (Å²) in [7, 11) is 0. The zero-order valence-corrected chi connectivity index (χ0v) is 10.4. The fraction of sp³-hybridized carbons (Fsp3) is 0.286. The molecule has 1 atom stereocenters. The number of benzene rings is 1. The zero-order chi connectivity index (χ0) is 14.4. The monoisotopic (exact) mass is 275 g/mol. The minimum Gasteiger partial charge on any atom is -0.299 e. The Morgan fingerprint density at radius 2 is 1.75 bits per heavy atom. The first-order valence-electron chi connectivity index (χ1n) is 6.21. The standard InChI is InChI=1S/C14H10FNO4/c15-7-1-3-9-10(5-7)14(20)16(13(9)19)11-4-2-8(17)6-12(11)18/h1,3,5,11H,2,4,6H2. The SMILES string of the molecule is O=C1CCC(N2C(=O)c3ccc(F)cc3C2=O)C(=O)C1. The molecule has 20 heavy (non-hydrogen) atoms. The van der Waals surface area contributed by atoms with Gasteiger partial charge in [0.2, 0.25) is 0 Å². The van der Waals surface area contributed by atoms with Gasteiger partial charge in [0.05, 0.1) is 23.6 Å². The summed E-state index contributed by atoms with van der Waals surface area (Å²) in [4.78, 5) is 48.3. The molecule has 1 saturated carbocycles. The van der Waals surface area contributed by atoms with Gasteiger partial charge in [0.1, 0.15) is 11.6 Å². The minimum absolute atomic E-state index is 0.0281. The average molecular weight is 275 g/mol. The maximum Gasteiger partial charge on any atom is 0.262 e. The third-order valence-corrected chi connectivity index (χ3v) is 3.63. The number of nitrogens with zero attached hydrogens (tertiary/aromatic N) is 1. The fourth-order valence-corrected chi connectivity index (χ4v) is 2.65. The van der Waals surface area contributed by atoms with Crippen LogP contribution in [0.1, 0.15) is 40.0 Å². The molecule has 1 heterocycles. The van der Waals surface area contributed by atoms with Gasteiger partial charge in [0.15, 0.2) is 5.78 Å². The van der Waals surface area contributed by atoms with E-state index in [4.69, 9.17) is 0 Å². The summed E-state index contributed by atoms with van der Waals surface area (Å²) in [5.74, 6) is -2.50. The van der Waals surface area contributed by atoms with E-state index in [1.807, 2.05) is 0 Å². The Morgan fingerprint density at radius 3 is 2.45 bits per heavy atom. The number of halogens is 1. The van der Waals surface area contributed by atoms with Gasteiger partial charge in [-0.15, -0.1) is 0 Å². The third kappa shape index (κ3) is 1.76. The summed E-state index contributed by atoms with van der Waals surface area (Å²) in [6, 6.07) is 2.42. The molecule has 0 saturated heterocycles. The van der Waals surface area contributed by atoms with Crippen LogP contribution in [0, 0.1) is 5.82 Å². The highest BCUT2D eigenvalue weighted by Crippen LogP contribution is 2.29. The molecule has 1 fully saturated rings. The quantitative estimate of drug-likeness (QED) is 0.568. The molecule has 102 valence electrons. The van der Waals surface area contributed by atoms with Crippen molar-refractivity contribution in [3.05, 3.63) is 35.1 Å². The molecule has 3 rings (SSSR count). The molecule has 0 N–H and O–H groups in total. The Kier molecular flexibility index (Phi) is 2.74. The highest BCUT2D eigenvalue weighted by atomic mass is 19.1. The zero-order valence-electron chi connectivity index (χ0n) is 10.4. The number of carbonyl (C=O) groups is 4. The van der Waals surface area contributed by atoms with Crippen LogP contribution in [0.3, 0.4) is 0 Å². The topological polar surface area (TPSA) is 71.5 Å². The molecule has 1 unspecified atom stereocenters. The van der Waals surface area contributed by atoms with Crippen LogP contribution in [-0.4, -0.2) is 34.3 Å². The van der Waals surface area contributed by atoms with E-state index in [1.165, 1.54) is 6.07 Å². The van der Waals surface area contributed by atoms with E-state index in [1.54, 1.807) is 0 Å². The second-order valence-corrected chi connectivity index (χ2v) is 4.91. The van der Waals surface area contributed by atoms with Crippen LogP contribution in [0.5, 0.6) is 0 Å². The molecule has 0 bridgehead atoms. The molecule has 1 aliphatic heterocycles. The van der Waals surface area contributed by atoms with E-state index in [-0.39, 0.29) is 36.2 Å². The molecule has 0 radical (unpaired) electrons. The van der Waals surface area contributed by atoms with Crippen LogP contribution in [0.15, 0.2) is 18.2 Å². The van der Waals surface area contributed by atoms with Crippen molar-refractivity contribution in [2.75, 3.05) is 0 Å². The van der Waals surface area contributed by atoms with E-state index >= 15 is 0 Å². The normalized spacial score (nSPS) is 22.4. The van der Waals surface area contributed by atoms with Crippen LogP contribution >= 0.6 is 0 Å². The van der Waals surface area contributed by atoms with Gasteiger partial charge in [-0.25, -0.2) is 4.39 Å². The summed E-state index contributed by atoms with van der Waals surface area (Å²) < 4.78 is 13.2. The second-order valence-electron chi connectivity index (χ2n) is 4.91. The van der Waals surface area contributed by atoms with E-state index in [0.29, 0.717) is 0 Å². The van der Waals surface area contributed by atoms with Crippen LogP contribution in [0.4, 0.5) is 4.39 Å². The number of hydrogen-bond donors (Lipinski definition) is 0. The smallest absolute Gasteiger partial charge is 0.262 e. The largest absolute Gasteiger partial charge is 0.299 e. The number of fused-ring (bicyclic) bond motifs is 1. The van der Waals surface area contributed by atoms with Gasteiger partial charge in [0.25, 0.3) is 11.8 Å². The molecule has 1 aromatic rings. The Balaban J connectivity index is 1.97. The number of imide groups is 1. The van der Waals surface area contributed by atoms with Crippen LogP contribution in [0.25, 0.3) is 0 Å². The maximum absolute atomic E-state index is 13.2. The van der Waals surface area contributed by atoms with Crippen LogP contribution in [0.2, 0.25) is 0 Å². The van der Waals surface area contributed by atoms with Gasteiger partial charge in [-0.3, -0.25) is 24.1 Å². The molecule has 0 aromatic heterocycles. The molecule has 5 nitrogen and oxygen atoms in total. The summed E-state index contributed by atoms with van der Waals surface area (Å²) in [6.07, 6.45) is 0.0518. The number of ketones is 2. The highest BCUT2D eigenvalue weighted by molar-refractivity contribution is 6.23. The molecule has 2 amide bonds. The summed E-state index contributed by atoms with van der Waals surface area (Å²) in [5.41, 5.74) is 0.0702. The van der Waals surface area contributed by atoms with Gasteiger partial charge in [-0.05, 0) is 24.6 Å². The molecule has 2 aliphatic rings. The Bertz CT molecular complexity index is 667. The van der Waals surface area contributed by atoms with Crippen molar-refractivity contribution in [1.29, 1.82) is 0 Å². The lowest BCUT2D eigenvalue weighted by atomic mass is 9.92. The Morgan fingerprint density at radius 1 is 1.05 bits per heavy atom. The van der Waals surface area contributed by atoms with E-state index in [2.05, 4.69) is 0 Å². The number of hydrogen-bond acceptors (Lipinski definition) is 4. The van der Waals surface area contributed by atoms with E-state index < -0.39 is 29.5 Å². The van der Waals surface area contributed by atoms with Crippen molar-refractivity contribution >= 4 is 23.4 Å². The summed E-state index contributed by atoms with van der Waals surface area (Å²) >= 11 is 0. The van der Waals surface area contributed by atoms with Crippen molar-refractivity contribution in [3.8, 4) is 0 Å². The van der Waals surface area contributed by atoms with Gasteiger partial charge >= 0.3 is 0 Å². The van der Waals surface area contributed by atoms with Crippen molar-refractivity contribution in [2.24, 2.45) is 0 Å². The van der Waals surface area contributed by atoms with Crippen molar-refractivity contribution in [3.63, 3.8) is 0 Å². The Labute approximate surface area is 113 Å². The van der Waals surface area contributed by atoms with E-state index in [0.717, 1.165) is 17.0 Å². The highest BCUT2D eigenvalue weighted by Gasteiger charge is 2.44. The second kappa shape index (κ2) is 4.33. The molecule has 0 spiro atoms. The Hall–Kier alpha value is -2.37. The molecule has 6 heteroatoms. The predicted molar refractivity (Wildman–Crippen MR) is 64.6 cm³/mol. The number of rotatable bonds is 1. The first-order chi connectivity index (χ1) is 9.49. The third-order valence-electron chi connectivity index (χ3n) is 3.63. The predicted octanol–water partition coefficient (Wildman–Crippen LogP) is 1.11. The number of amides is 2. The number of carbonyl (C=O) groups excluding carboxylic acids is 4. The molecule has 1 aliphatic carbocycles. The lowest BCUT2D eigenvalue weighted by Gasteiger charge is -2.27. The van der Waals surface area contributed by atoms with E-state index in [9.17, 15) is 23.6 Å². The average Bonchev–Trinajstić information content (AvgIpc) is 2.63. The minimum atomic E-state index is -0.914. The van der Waals surface area contributed by atoms with Gasteiger partial charge in [0, 0.05) is 6.42 Å². The van der Waals surface area contributed by atoms with Crippen molar-refractivity contribution in [2.45, 2.75) is 25.3 Å². The molecular formula is C14H10FNO4. The lowest BCUT2D eigenvalue weighted by molar-refractivity contribution is -0.132. The summed E-state index contributed by atoms with van der Waals surface area (Å²) in [5, 5.41) is 0. The van der Waals surface area contributed by atoms with Crippen LogP contribution in [-0.2, 0) is 9.59 Å². The first-order valence-corrected chi connectivity index (χ1v) is 6.21.